The molecule has 0 aliphatic rings. The molecule has 0 bridgehead atoms. The Labute approximate surface area is 116 Å². The number of halogens is 2. The zero-order valence-corrected chi connectivity index (χ0v) is 11.9. The van der Waals surface area contributed by atoms with Gasteiger partial charge in [0.25, 0.3) is 0 Å². The second-order valence-electron chi connectivity index (χ2n) is 3.39. The van der Waals surface area contributed by atoms with Crippen LogP contribution in [0.3, 0.4) is 0 Å². The van der Waals surface area contributed by atoms with Gasteiger partial charge in [-0.15, -0.1) is 0 Å². The molecule has 8 heteroatoms. The van der Waals surface area contributed by atoms with Crippen molar-refractivity contribution in [3.63, 3.8) is 0 Å². The van der Waals surface area contributed by atoms with Gasteiger partial charge < -0.3 is 9.84 Å². The summed E-state index contributed by atoms with van der Waals surface area (Å²) in [4.78, 5) is -0.118. The summed E-state index contributed by atoms with van der Waals surface area (Å²) in [5, 5.41) is 8.78. The van der Waals surface area contributed by atoms with Gasteiger partial charge in [-0.25, -0.2) is 13.1 Å². The van der Waals surface area contributed by atoms with Gasteiger partial charge >= 0.3 is 0 Å². The molecular weight excluding hydrogens is 301 g/mol. The quantitative estimate of drug-likeness (QED) is 0.783. The van der Waals surface area contributed by atoms with E-state index < -0.39 is 10.0 Å². The number of sulfonamides is 1. The molecule has 1 aromatic carbocycles. The minimum atomic E-state index is -3.74. The van der Waals surface area contributed by atoms with Crippen LogP contribution in [0, 0.1) is 0 Å². The molecule has 1 aromatic rings. The zero-order valence-electron chi connectivity index (χ0n) is 9.61. The lowest BCUT2D eigenvalue weighted by Crippen LogP contribution is -2.25. The predicted molar refractivity (Wildman–Crippen MR) is 69.9 cm³/mol. The largest absolute Gasteiger partial charge is 0.495 e. The molecule has 0 unspecified atom stereocenters. The zero-order chi connectivity index (χ0) is 13.8. The molecule has 0 saturated carbocycles. The van der Waals surface area contributed by atoms with Gasteiger partial charge in [0.1, 0.15) is 10.6 Å². The topological polar surface area (TPSA) is 75.6 Å². The molecule has 0 aromatic heterocycles. The third-order valence-electron chi connectivity index (χ3n) is 2.12. The van der Waals surface area contributed by atoms with E-state index in [9.17, 15) is 8.42 Å². The fourth-order valence-electron chi connectivity index (χ4n) is 1.24. The second kappa shape index (κ2) is 6.58. The average Bonchev–Trinajstić information content (AvgIpc) is 2.31. The molecular formula is C10H13Cl2NO4S. The Hall–Kier alpha value is -0.530. The number of aliphatic hydroxyl groups excluding tert-OH is 1. The molecule has 0 radical (unpaired) electrons. The Kier molecular flexibility index (Phi) is 5.68. The van der Waals surface area contributed by atoms with Crippen molar-refractivity contribution in [1.29, 1.82) is 0 Å². The van der Waals surface area contributed by atoms with Crippen molar-refractivity contribution in [2.24, 2.45) is 0 Å². The number of rotatable bonds is 6. The highest BCUT2D eigenvalue weighted by Crippen LogP contribution is 2.33. The summed E-state index contributed by atoms with van der Waals surface area (Å²) in [6.07, 6.45) is 0.320. The van der Waals surface area contributed by atoms with Crippen LogP contribution in [0.2, 0.25) is 10.0 Å². The second-order valence-corrected chi connectivity index (χ2v) is 5.94. The van der Waals surface area contributed by atoms with Gasteiger partial charge in [-0.3, -0.25) is 0 Å². The van der Waals surface area contributed by atoms with Crippen molar-refractivity contribution >= 4 is 33.2 Å². The maximum absolute atomic E-state index is 11.9. The van der Waals surface area contributed by atoms with E-state index in [4.69, 9.17) is 33.0 Å². The van der Waals surface area contributed by atoms with Crippen LogP contribution >= 0.6 is 23.2 Å². The van der Waals surface area contributed by atoms with Gasteiger partial charge in [0, 0.05) is 19.2 Å². The number of hydrogen-bond donors (Lipinski definition) is 2. The first-order valence-electron chi connectivity index (χ1n) is 5.06. The summed E-state index contributed by atoms with van der Waals surface area (Å²) in [5.41, 5.74) is 0. The van der Waals surface area contributed by atoms with Crippen molar-refractivity contribution in [3.8, 4) is 5.75 Å². The minimum Gasteiger partial charge on any atom is -0.495 e. The Morgan fingerprint density at radius 2 is 2.00 bits per heavy atom. The van der Waals surface area contributed by atoms with Gasteiger partial charge in [-0.05, 0) is 12.5 Å². The lowest BCUT2D eigenvalue weighted by Gasteiger charge is -2.10. The van der Waals surface area contributed by atoms with Crippen molar-refractivity contribution < 1.29 is 18.3 Å². The van der Waals surface area contributed by atoms with Crippen molar-refractivity contribution in [2.75, 3.05) is 20.3 Å². The third kappa shape index (κ3) is 3.73. The molecule has 1 rings (SSSR count). The molecule has 0 aliphatic heterocycles. The van der Waals surface area contributed by atoms with Crippen LogP contribution in [0.4, 0.5) is 0 Å². The summed E-state index contributed by atoms with van der Waals surface area (Å²) in [7, 11) is -2.34. The van der Waals surface area contributed by atoms with E-state index in [0.717, 1.165) is 0 Å². The SMILES string of the molecule is COc1cc(Cl)c(S(=O)(=O)NCCCO)cc1Cl. The van der Waals surface area contributed by atoms with E-state index in [-0.39, 0.29) is 28.1 Å². The molecule has 102 valence electrons. The Bertz CT molecular complexity index is 519. The van der Waals surface area contributed by atoms with Crippen LogP contribution in [0.15, 0.2) is 17.0 Å². The highest BCUT2D eigenvalue weighted by Gasteiger charge is 2.19. The smallest absolute Gasteiger partial charge is 0.242 e. The van der Waals surface area contributed by atoms with Gasteiger partial charge in [-0.1, -0.05) is 23.2 Å². The van der Waals surface area contributed by atoms with Crippen LogP contribution < -0.4 is 9.46 Å². The van der Waals surface area contributed by atoms with Gasteiger partial charge in [-0.2, -0.15) is 0 Å². The first-order valence-corrected chi connectivity index (χ1v) is 7.30. The van der Waals surface area contributed by atoms with E-state index in [1.807, 2.05) is 0 Å². The van der Waals surface area contributed by atoms with Gasteiger partial charge in [0.2, 0.25) is 10.0 Å². The van der Waals surface area contributed by atoms with Crippen LogP contribution in [0.25, 0.3) is 0 Å². The highest BCUT2D eigenvalue weighted by atomic mass is 35.5. The van der Waals surface area contributed by atoms with Crippen LogP contribution in [-0.2, 0) is 10.0 Å². The molecule has 0 atom stereocenters. The molecule has 0 fully saturated rings. The normalized spacial score (nSPS) is 11.6. The van der Waals surface area contributed by atoms with Crippen LogP contribution in [0.5, 0.6) is 5.75 Å². The van der Waals surface area contributed by atoms with E-state index in [1.54, 1.807) is 0 Å². The number of methoxy groups -OCH3 is 1. The summed E-state index contributed by atoms with van der Waals surface area (Å²) >= 11 is 11.7. The highest BCUT2D eigenvalue weighted by molar-refractivity contribution is 7.89. The number of benzene rings is 1. The van der Waals surface area contributed by atoms with Crippen molar-refractivity contribution in [3.05, 3.63) is 22.2 Å². The van der Waals surface area contributed by atoms with E-state index in [1.165, 1.54) is 19.2 Å². The van der Waals surface area contributed by atoms with Crippen molar-refractivity contribution in [1.82, 2.24) is 4.72 Å². The van der Waals surface area contributed by atoms with Crippen molar-refractivity contribution in [2.45, 2.75) is 11.3 Å². The van der Waals surface area contributed by atoms with E-state index >= 15 is 0 Å². The maximum atomic E-state index is 11.9. The molecule has 2 N–H and O–H groups in total. The summed E-state index contributed by atoms with van der Waals surface area (Å²) in [5.74, 6) is 0.302. The van der Waals surface area contributed by atoms with E-state index in [2.05, 4.69) is 4.72 Å². The van der Waals surface area contributed by atoms with E-state index in [0.29, 0.717) is 12.2 Å². The minimum absolute atomic E-state index is 0.0211. The number of hydrogen-bond acceptors (Lipinski definition) is 4. The van der Waals surface area contributed by atoms with Gasteiger partial charge in [0.05, 0.1) is 17.2 Å². The molecule has 0 saturated heterocycles. The monoisotopic (exact) mass is 313 g/mol. The standard InChI is InChI=1S/C10H13Cl2NO4S/c1-17-9-5-8(12)10(6-7(9)11)18(15,16)13-3-2-4-14/h5-6,13-14H,2-4H2,1H3. The molecule has 18 heavy (non-hydrogen) atoms. The lowest BCUT2D eigenvalue weighted by atomic mass is 10.3. The average molecular weight is 314 g/mol. The lowest BCUT2D eigenvalue weighted by molar-refractivity contribution is 0.289. The number of ether oxygens (including phenoxy) is 1. The Morgan fingerprint density at radius 1 is 1.33 bits per heavy atom. The predicted octanol–water partition coefficient (Wildman–Crippen LogP) is 1.66. The first kappa shape index (κ1) is 15.5. The summed E-state index contributed by atoms with van der Waals surface area (Å²) < 4.78 is 31.0. The third-order valence-corrected chi connectivity index (χ3v) is 4.34. The summed E-state index contributed by atoms with van der Waals surface area (Å²) in [6, 6.07) is 2.56. The van der Waals surface area contributed by atoms with Crippen LogP contribution in [0.1, 0.15) is 6.42 Å². The molecule has 5 nitrogen and oxygen atoms in total. The fourth-order valence-corrected chi connectivity index (χ4v) is 3.16. The molecule has 0 heterocycles. The Morgan fingerprint density at radius 3 is 2.56 bits per heavy atom. The number of aliphatic hydroxyl groups is 1. The number of nitrogens with one attached hydrogen (secondary N) is 1. The molecule has 0 aliphatic carbocycles. The van der Waals surface area contributed by atoms with Crippen LogP contribution in [-0.4, -0.2) is 33.8 Å². The Balaban J connectivity index is 3.05. The maximum Gasteiger partial charge on any atom is 0.242 e. The summed E-state index contributed by atoms with van der Waals surface area (Å²) in [6.45, 7) is 0.0262. The van der Waals surface area contributed by atoms with Gasteiger partial charge in [0.15, 0.2) is 0 Å². The molecule has 0 spiro atoms. The fraction of sp³-hybridized carbons (Fsp3) is 0.400. The molecule has 0 amide bonds. The first-order chi connectivity index (χ1) is 8.42.